The van der Waals surface area contributed by atoms with Crippen LogP contribution in [0.2, 0.25) is 0 Å². The van der Waals surface area contributed by atoms with Crippen molar-refractivity contribution in [1.29, 1.82) is 0 Å². The maximum atomic E-state index is 13.0. The Morgan fingerprint density at radius 3 is 2.28 bits per heavy atom. The predicted molar refractivity (Wildman–Crippen MR) is 101 cm³/mol. The van der Waals surface area contributed by atoms with Crippen molar-refractivity contribution in [2.24, 2.45) is 0 Å². The third-order valence-electron chi connectivity index (χ3n) is 4.72. The Morgan fingerprint density at radius 2 is 1.72 bits per heavy atom. The minimum absolute atomic E-state index is 0.395. The van der Waals surface area contributed by atoms with Crippen molar-refractivity contribution in [1.82, 2.24) is 14.1 Å². The average Bonchev–Trinajstić information content (AvgIpc) is 2.56. The molecule has 142 valence electrons. The van der Waals surface area contributed by atoms with Gasteiger partial charge in [-0.2, -0.15) is 4.31 Å². The fraction of sp³-hybridized carbons (Fsp3) is 0.667. The second kappa shape index (κ2) is 8.49. The molecule has 1 aromatic rings. The molecular weight excluding hydrogens is 338 g/mol. The lowest BCUT2D eigenvalue weighted by Gasteiger charge is -2.34. The quantitative estimate of drug-likeness (QED) is 0.730. The van der Waals surface area contributed by atoms with E-state index in [4.69, 9.17) is 4.74 Å². The normalized spacial score (nSPS) is 17.2. The Bertz CT molecular complexity index is 681. The third-order valence-corrected chi connectivity index (χ3v) is 6.76. The highest BCUT2D eigenvalue weighted by atomic mass is 32.2. The van der Waals surface area contributed by atoms with E-state index in [1.807, 2.05) is 13.8 Å². The highest BCUT2D eigenvalue weighted by molar-refractivity contribution is 7.89. The van der Waals surface area contributed by atoms with E-state index >= 15 is 0 Å². The number of hydrogen-bond acceptors (Lipinski definition) is 5. The molecule has 6 nitrogen and oxygen atoms in total. The number of piperazine rings is 1. The molecule has 1 fully saturated rings. The molecule has 1 heterocycles. The molecule has 1 aliphatic rings. The van der Waals surface area contributed by atoms with Crippen LogP contribution >= 0.6 is 0 Å². The molecule has 1 aromatic carbocycles. The van der Waals surface area contributed by atoms with Gasteiger partial charge in [-0.25, -0.2) is 8.42 Å². The summed E-state index contributed by atoms with van der Waals surface area (Å²) in [7, 11) is 2.29. The second-order valence-electron chi connectivity index (χ2n) is 6.99. The largest absolute Gasteiger partial charge is 0.496 e. The molecule has 0 aromatic heterocycles. The van der Waals surface area contributed by atoms with E-state index in [9.17, 15) is 8.42 Å². The SMILES string of the molecule is COc1cc(C)c(S(=O)(=O)N2CCN(CCCN(C)C)CC2)cc1C. The van der Waals surface area contributed by atoms with Crippen molar-refractivity contribution >= 4 is 10.0 Å². The van der Waals surface area contributed by atoms with Gasteiger partial charge in [0.1, 0.15) is 5.75 Å². The predicted octanol–water partition coefficient (Wildman–Crippen LogP) is 1.57. The molecule has 1 aliphatic heterocycles. The first kappa shape index (κ1) is 20.2. The molecule has 0 aliphatic carbocycles. The van der Waals surface area contributed by atoms with E-state index < -0.39 is 10.0 Å². The van der Waals surface area contributed by atoms with Crippen LogP contribution in [0.25, 0.3) is 0 Å². The first-order valence-corrected chi connectivity index (χ1v) is 10.2. The molecular formula is C18H31N3O3S. The van der Waals surface area contributed by atoms with Crippen molar-refractivity contribution in [2.45, 2.75) is 25.2 Å². The summed E-state index contributed by atoms with van der Waals surface area (Å²) < 4.78 is 33.0. The molecule has 0 amide bonds. The van der Waals surface area contributed by atoms with Crippen molar-refractivity contribution in [2.75, 3.05) is 60.5 Å². The van der Waals surface area contributed by atoms with Crippen molar-refractivity contribution < 1.29 is 13.2 Å². The number of sulfonamides is 1. The van der Waals surface area contributed by atoms with Gasteiger partial charge in [-0.1, -0.05) is 0 Å². The average molecular weight is 370 g/mol. The Hall–Kier alpha value is -1.15. The van der Waals surface area contributed by atoms with Gasteiger partial charge >= 0.3 is 0 Å². The van der Waals surface area contributed by atoms with Gasteiger partial charge in [-0.3, -0.25) is 0 Å². The summed E-state index contributed by atoms with van der Waals surface area (Å²) in [5.74, 6) is 0.724. The van der Waals surface area contributed by atoms with Gasteiger partial charge in [0.15, 0.2) is 0 Å². The summed E-state index contributed by atoms with van der Waals surface area (Å²) in [4.78, 5) is 4.92. The minimum Gasteiger partial charge on any atom is -0.496 e. The molecule has 0 N–H and O–H groups in total. The lowest BCUT2D eigenvalue weighted by Crippen LogP contribution is -2.49. The van der Waals surface area contributed by atoms with Crippen molar-refractivity contribution in [3.05, 3.63) is 23.3 Å². The standard InChI is InChI=1S/C18H31N3O3S/c1-15-14-18(16(2)13-17(15)24-5)25(22,23)21-11-9-20(10-12-21)8-6-7-19(3)4/h13-14H,6-12H2,1-5H3. The van der Waals surface area contributed by atoms with Crippen LogP contribution in [0.15, 0.2) is 17.0 Å². The van der Waals surface area contributed by atoms with Gasteiger partial charge in [-0.05, 0) is 70.7 Å². The molecule has 0 atom stereocenters. The van der Waals surface area contributed by atoms with Crippen LogP contribution in [-0.2, 0) is 10.0 Å². The zero-order valence-corrected chi connectivity index (χ0v) is 16.9. The van der Waals surface area contributed by atoms with Crippen LogP contribution < -0.4 is 4.74 Å². The van der Waals surface area contributed by atoms with E-state index in [0.717, 1.165) is 49.5 Å². The third kappa shape index (κ3) is 4.94. The van der Waals surface area contributed by atoms with E-state index in [1.165, 1.54) is 0 Å². The van der Waals surface area contributed by atoms with Gasteiger partial charge < -0.3 is 14.5 Å². The number of hydrogen-bond donors (Lipinski definition) is 0. The van der Waals surface area contributed by atoms with E-state index in [0.29, 0.717) is 18.0 Å². The summed E-state index contributed by atoms with van der Waals surface area (Å²) in [6, 6.07) is 3.53. The first-order valence-electron chi connectivity index (χ1n) is 8.78. The summed E-state index contributed by atoms with van der Waals surface area (Å²) >= 11 is 0. The van der Waals surface area contributed by atoms with Crippen LogP contribution in [0.5, 0.6) is 5.75 Å². The van der Waals surface area contributed by atoms with E-state index in [2.05, 4.69) is 23.9 Å². The number of methoxy groups -OCH3 is 1. The van der Waals surface area contributed by atoms with E-state index in [1.54, 1.807) is 23.5 Å². The van der Waals surface area contributed by atoms with Gasteiger partial charge in [-0.15, -0.1) is 0 Å². The molecule has 0 saturated carbocycles. The summed E-state index contributed by atoms with van der Waals surface area (Å²) in [6.07, 6.45) is 1.11. The zero-order valence-electron chi connectivity index (χ0n) is 16.1. The smallest absolute Gasteiger partial charge is 0.243 e. The minimum atomic E-state index is -3.45. The van der Waals surface area contributed by atoms with Gasteiger partial charge in [0.05, 0.1) is 12.0 Å². The van der Waals surface area contributed by atoms with Gasteiger partial charge in [0.2, 0.25) is 10.0 Å². The molecule has 25 heavy (non-hydrogen) atoms. The first-order chi connectivity index (χ1) is 11.8. The fourth-order valence-corrected chi connectivity index (χ4v) is 4.92. The molecule has 7 heteroatoms. The zero-order chi connectivity index (χ0) is 18.6. The molecule has 0 unspecified atom stereocenters. The fourth-order valence-electron chi connectivity index (χ4n) is 3.20. The van der Waals surface area contributed by atoms with Gasteiger partial charge in [0, 0.05) is 26.2 Å². The molecule has 2 rings (SSSR count). The molecule has 0 bridgehead atoms. The maximum absolute atomic E-state index is 13.0. The van der Waals surface area contributed by atoms with Gasteiger partial charge in [0.25, 0.3) is 0 Å². The summed E-state index contributed by atoms with van der Waals surface area (Å²) in [5, 5.41) is 0. The Morgan fingerprint density at radius 1 is 1.08 bits per heavy atom. The molecule has 0 spiro atoms. The summed E-state index contributed by atoms with van der Waals surface area (Å²) in [6.45, 7) is 8.47. The molecule has 1 saturated heterocycles. The second-order valence-corrected chi connectivity index (χ2v) is 8.90. The van der Waals surface area contributed by atoms with Crippen LogP contribution in [-0.4, -0.2) is 83.0 Å². The van der Waals surface area contributed by atoms with Crippen LogP contribution in [0.3, 0.4) is 0 Å². The maximum Gasteiger partial charge on any atom is 0.243 e. The number of ether oxygens (including phenoxy) is 1. The number of rotatable bonds is 7. The number of benzene rings is 1. The van der Waals surface area contributed by atoms with Crippen LogP contribution in [0.1, 0.15) is 17.5 Å². The Kier molecular flexibility index (Phi) is 6.85. The lowest BCUT2D eigenvalue weighted by atomic mass is 10.1. The van der Waals surface area contributed by atoms with Crippen molar-refractivity contribution in [3.63, 3.8) is 0 Å². The highest BCUT2D eigenvalue weighted by Crippen LogP contribution is 2.28. The topological polar surface area (TPSA) is 53.1 Å². The lowest BCUT2D eigenvalue weighted by molar-refractivity contribution is 0.181. The van der Waals surface area contributed by atoms with Crippen molar-refractivity contribution in [3.8, 4) is 5.75 Å². The summed E-state index contributed by atoms with van der Waals surface area (Å²) in [5.41, 5.74) is 1.57. The number of nitrogens with zero attached hydrogens (tertiary/aromatic N) is 3. The van der Waals surface area contributed by atoms with Crippen LogP contribution in [0, 0.1) is 13.8 Å². The number of aryl methyl sites for hydroxylation is 2. The Labute approximate surface area is 152 Å². The molecule has 0 radical (unpaired) electrons. The highest BCUT2D eigenvalue weighted by Gasteiger charge is 2.30. The van der Waals surface area contributed by atoms with E-state index in [-0.39, 0.29) is 0 Å². The Balaban J connectivity index is 2.04. The van der Waals surface area contributed by atoms with Crippen LogP contribution in [0.4, 0.5) is 0 Å². The monoisotopic (exact) mass is 369 g/mol.